The third-order valence-corrected chi connectivity index (χ3v) is 7.61. The Morgan fingerprint density at radius 2 is 1.77 bits per heavy atom. The summed E-state index contributed by atoms with van der Waals surface area (Å²) in [6.07, 6.45) is 0.330. The average molecular weight is 539 g/mol. The van der Waals surface area contributed by atoms with Crippen LogP contribution in [0.5, 0.6) is 5.75 Å². The summed E-state index contributed by atoms with van der Waals surface area (Å²) in [6.45, 7) is 6.46. The Morgan fingerprint density at radius 1 is 1.05 bits per heavy atom. The fourth-order valence-electron chi connectivity index (χ4n) is 5.56. The number of carbonyl (C=O) groups is 3. The lowest BCUT2D eigenvalue weighted by molar-refractivity contribution is -0.134. The summed E-state index contributed by atoms with van der Waals surface area (Å²) < 4.78 is 5.23. The highest BCUT2D eigenvalue weighted by atomic mass is 16.5. The van der Waals surface area contributed by atoms with Gasteiger partial charge >= 0.3 is 6.03 Å². The molecule has 0 saturated heterocycles. The molecule has 0 aliphatic carbocycles. The van der Waals surface area contributed by atoms with Crippen LogP contribution in [0.1, 0.15) is 35.2 Å². The number of methoxy groups -OCH3 is 1. The smallest absolute Gasteiger partial charge is 0.322 e. The zero-order valence-electron chi connectivity index (χ0n) is 23.2. The van der Waals surface area contributed by atoms with E-state index < -0.39 is 12.1 Å². The number of likely N-dealkylation sites (N-methyl/N-ethyl adjacent to an activating group) is 1. The molecule has 5 rings (SSSR count). The first-order chi connectivity index (χ1) is 19.3. The van der Waals surface area contributed by atoms with E-state index in [2.05, 4.69) is 10.6 Å². The number of amides is 4. The summed E-state index contributed by atoms with van der Waals surface area (Å²) >= 11 is 0. The molecular weight excluding hydrogens is 504 g/mol. The third-order valence-electron chi connectivity index (χ3n) is 7.61. The summed E-state index contributed by atoms with van der Waals surface area (Å²) in [4.78, 5) is 44.5. The van der Waals surface area contributed by atoms with Gasteiger partial charge in [-0.3, -0.25) is 14.5 Å². The number of ether oxygens (including phenoxy) is 1. The molecule has 2 N–H and O–H groups in total. The minimum absolute atomic E-state index is 0.171. The van der Waals surface area contributed by atoms with Crippen molar-refractivity contribution < 1.29 is 19.1 Å². The van der Waals surface area contributed by atoms with E-state index in [4.69, 9.17) is 4.74 Å². The molecule has 8 nitrogen and oxygen atoms in total. The molecule has 0 bridgehead atoms. The summed E-state index contributed by atoms with van der Waals surface area (Å²) in [5.74, 6) is 0.136. The minimum atomic E-state index is -0.795. The Kier molecular flexibility index (Phi) is 7.60. The van der Waals surface area contributed by atoms with Gasteiger partial charge in [-0.1, -0.05) is 54.1 Å². The molecule has 2 heterocycles. The van der Waals surface area contributed by atoms with Gasteiger partial charge in [-0.25, -0.2) is 4.79 Å². The number of benzene rings is 3. The van der Waals surface area contributed by atoms with Gasteiger partial charge in [0, 0.05) is 18.7 Å². The second-order valence-electron chi connectivity index (χ2n) is 10.2. The molecule has 2 unspecified atom stereocenters. The quantitative estimate of drug-likeness (QED) is 0.433. The Bertz CT molecular complexity index is 1470. The molecule has 3 aromatic carbocycles. The third kappa shape index (κ3) is 5.17. The molecule has 0 aromatic heterocycles. The predicted molar refractivity (Wildman–Crippen MR) is 154 cm³/mol. The first kappa shape index (κ1) is 27.0. The molecule has 8 heteroatoms. The highest BCUT2D eigenvalue weighted by molar-refractivity contribution is 6.05. The highest BCUT2D eigenvalue weighted by Crippen LogP contribution is 2.38. The monoisotopic (exact) mass is 538 g/mol. The van der Waals surface area contributed by atoms with Gasteiger partial charge in [-0.2, -0.15) is 0 Å². The van der Waals surface area contributed by atoms with Crippen LogP contribution in [0.15, 0.2) is 84.1 Å². The van der Waals surface area contributed by atoms with Gasteiger partial charge in [0.2, 0.25) is 5.91 Å². The van der Waals surface area contributed by atoms with Gasteiger partial charge in [-0.15, -0.1) is 0 Å². The van der Waals surface area contributed by atoms with Crippen LogP contribution in [0.25, 0.3) is 0 Å². The summed E-state index contributed by atoms with van der Waals surface area (Å²) in [5, 5.41) is 6.04. The minimum Gasteiger partial charge on any atom is -0.497 e. The number of anilines is 1. The van der Waals surface area contributed by atoms with Crippen LogP contribution < -0.4 is 15.4 Å². The van der Waals surface area contributed by atoms with Crippen molar-refractivity contribution in [3.05, 3.63) is 106 Å². The molecule has 0 saturated carbocycles. The second-order valence-corrected chi connectivity index (χ2v) is 10.2. The molecule has 0 spiro atoms. The van der Waals surface area contributed by atoms with Gasteiger partial charge in [0.1, 0.15) is 11.8 Å². The maximum Gasteiger partial charge on any atom is 0.322 e. The van der Waals surface area contributed by atoms with Gasteiger partial charge < -0.3 is 20.3 Å². The van der Waals surface area contributed by atoms with Crippen molar-refractivity contribution in [2.24, 2.45) is 0 Å². The van der Waals surface area contributed by atoms with Crippen molar-refractivity contribution in [1.29, 1.82) is 0 Å². The van der Waals surface area contributed by atoms with Crippen LogP contribution in [0.4, 0.5) is 10.5 Å². The van der Waals surface area contributed by atoms with Crippen molar-refractivity contribution in [1.82, 2.24) is 15.1 Å². The Labute approximate surface area is 234 Å². The van der Waals surface area contributed by atoms with E-state index >= 15 is 0 Å². The predicted octanol–water partition coefficient (Wildman–Crippen LogP) is 4.74. The van der Waals surface area contributed by atoms with Crippen LogP contribution in [0.2, 0.25) is 0 Å². The van der Waals surface area contributed by atoms with Crippen LogP contribution in [-0.2, 0) is 16.0 Å². The zero-order valence-corrected chi connectivity index (χ0v) is 23.2. The highest BCUT2D eigenvalue weighted by Gasteiger charge is 2.47. The summed E-state index contributed by atoms with van der Waals surface area (Å²) in [7, 11) is 1.59. The fourth-order valence-corrected chi connectivity index (χ4v) is 5.56. The number of hydrogen-bond donors (Lipinski definition) is 2. The van der Waals surface area contributed by atoms with Gasteiger partial charge in [0.25, 0.3) is 5.91 Å². The number of nitrogens with zero attached hydrogens (tertiary/aromatic N) is 2. The molecule has 0 fully saturated rings. The molecule has 40 heavy (non-hydrogen) atoms. The lowest BCUT2D eigenvalue weighted by Crippen LogP contribution is -2.47. The Hall–Kier alpha value is -4.59. The zero-order chi connectivity index (χ0) is 28.4. The van der Waals surface area contributed by atoms with Crippen molar-refractivity contribution >= 4 is 23.5 Å². The van der Waals surface area contributed by atoms with Crippen molar-refractivity contribution in [2.45, 2.75) is 39.3 Å². The molecule has 206 valence electrons. The van der Waals surface area contributed by atoms with E-state index in [0.717, 1.165) is 22.3 Å². The average Bonchev–Trinajstić information content (AvgIpc) is 3.28. The molecule has 2 aliphatic heterocycles. The summed E-state index contributed by atoms with van der Waals surface area (Å²) in [5.41, 5.74) is 5.67. The van der Waals surface area contributed by atoms with Gasteiger partial charge in [0.15, 0.2) is 0 Å². The van der Waals surface area contributed by atoms with Crippen molar-refractivity contribution in [3.8, 4) is 5.75 Å². The normalized spacial score (nSPS) is 17.4. The van der Waals surface area contributed by atoms with Gasteiger partial charge in [-0.05, 0) is 61.7 Å². The number of hydrogen-bond acceptors (Lipinski definition) is 4. The first-order valence-electron chi connectivity index (χ1n) is 13.5. The van der Waals surface area contributed by atoms with Crippen LogP contribution >= 0.6 is 0 Å². The molecule has 2 aliphatic rings. The molecule has 4 amide bonds. The topological polar surface area (TPSA) is 91.0 Å². The van der Waals surface area contributed by atoms with E-state index in [1.807, 2.05) is 69.3 Å². The largest absolute Gasteiger partial charge is 0.497 e. The number of urea groups is 1. The van der Waals surface area contributed by atoms with E-state index in [9.17, 15) is 14.4 Å². The number of aryl methyl sites for hydroxylation is 2. The number of rotatable bonds is 8. The lowest BCUT2D eigenvalue weighted by atomic mass is 9.91. The maximum absolute atomic E-state index is 14.2. The molecule has 3 aromatic rings. The van der Waals surface area contributed by atoms with Crippen molar-refractivity contribution in [2.75, 3.05) is 25.5 Å². The van der Waals surface area contributed by atoms with Crippen LogP contribution in [0, 0.1) is 13.8 Å². The number of nitrogens with one attached hydrogen (secondary N) is 2. The Morgan fingerprint density at radius 3 is 2.42 bits per heavy atom. The second kappa shape index (κ2) is 11.3. The molecular formula is C32H34N4O4. The van der Waals surface area contributed by atoms with Crippen molar-refractivity contribution in [3.63, 3.8) is 0 Å². The lowest BCUT2D eigenvalue weighted by Gasteiger charge is -2.33. The summed E-state index contributed by atoms with van der Waals surface area (Å²) in [6, 6.07) is 21.1. The van der Waals surface area contributed by atoms with E-state index in [1.165, 1.54) is 0 Å². The maximum atomic E-state index is 14.2. The van der Waals surface area contributed by atoms with Crippen LogP contribution in [-0.4, -0.2) is 53.9 Å². The van der Waals surface area contributed by atoms with E-state index in [-0.39, 0.29) is 24.4 Å². The van der Waals surface area contributed by atoms with Gasteiger partial charge in [0.05, 0.1) is 31.0 Å². The molecule has 2 atom stereocenters. The first-order valence-corrected chi connectivity index (χ1v) is 13.5. The molecule has 0 radical (unpaired) electrons. The van der Waals surface area contributed by atoms with E-state index in [1.54, 1.807) is 41.2 Å². The number of carbonyl (C=O) groups excluding carboxylic acids is 3. The SMILES string of the molecule is CCN1C(=O)NC(c2ccc(C)cc2C)C2=C1CN(C(Cc1ccccc1)C(=O)Nc1ccc(OC)cc1)C2=O. The van der Waals surface area contributed by atoms with E-state index in [0.29, 0.717) is 35.7 Å². The Balaban J connectivity index is 1.51. The standard InChI is InChI=1S/C32H34N4O4/c1-5-35-27-19-36(31(38)28(27)29(34-32(35)39)25-16-11-20(2)17-21(25)3)26(18-22-9-7-6-8-10-22)30(37)33-23-12-14-24(40-4)15-13-23/h6-17,26,29H,5,18-19H2,1-4H3,(H,33,37)(H,34,39). The fraction of sp³-hybridized carbons (Fsp3) is 0.281. The van der Waals surface area contributed by atoms with Crippen LogP contribution in [0.3, 0.4) is 0 Å².